The number of rotatable bonds is 8. The molecule has 0 saturated carbocycles. The van der Waals surface area contributed by atoms with Gasteiger partial charge in [0, 0.05) is 12.1 Å². The summed E-state index contributed by atoms with van der Waals surface area (Å²) in [6.45, 7) is 3.35. The number of hydrogen-bond donors (Lipinski definition) is 3. The Bertz CT molecular complexity index is 439. The molecule has 0 aliphatic rings. The van der Waals surface area contributed by atoms with Gasteiger partial charge in [-0.2, -0.15) is 0 Å². The van der Waals surface area contributed by atoms with Crippen LogP contribution in [0.3, 0.4) is 0 Å². The molecule has 21 heavy (non-hydrogen) atoms. The summed E-state index contributed by atoms with van der Waals surface area (Å²) in [7, 11) is 1.59. The third kappa shape index (κ3) is 7.99. The fraction of sp³-hybridized carbons (Fsp3) is 0.533. The highest BCUT2D eigenvalue weighted by Crippen LogP contribution is 2.23. The summed E-state index contributed by atoms with van der Waals surface area (Å²) in [6.07, 6.45) is 4.76. The lowest BCUT2D eigenvalue weighted by atomic mass is 10.2. The number of halogens is 1. The van der Waals surface area contributed by atoms with Gasteiger partial charge in [-0.1, -0.05) is 26.2 Å². The lowest BCUT2D eigenvalue weighted by molar-refractivity contribution is 0.411. The summed E-state index contributed by atoms with van der Waals surface area (Å²) in [6, 6.07) is 5.06. The van der Waals surface area contributed by atoms with E-state index in [1.165, 1.54) is 19.3 Å². The van der Waals surface area contributed by atoms with Gasteiger partial charge in [0.1, 0.15) is 11.5 Å². The predicted molar refractivity (Wildman–Crippen MR) is 97.5 cm³/mol. The van der Waals surface area contributed by atoms with Gasteiger partial charge in [-0.15, -0.1) is 24.0 Å². The Morgan fingerprint density at radius 3 is 2.76 bits per heavy atom. The van der Waals surface area contributed by atoms with Gasteiger partial charge in [-0.25, -0.2) is 4.99 Å². The third-order valence-electron chi connectivity index (χ3n) is 3.04. The second-order valence-corrected chi connectivity index (χ2v) is 4.68. The van der Waals surface area contributed by atoms with Gasteiger partial charge in [-0.3, -0.25) is 0 Å². The van der Waals surface area contributed by atoms with Crippen LogP contribution < -0.4 is 15.8 Å². The van der Waals surface area contributed by atoms with Crippen molar-refractivity contribution in [2.45, 2.75) is 39.2 Å². The van der Waals surface area contributed by atoms with Crippen LogP contribution >= 0.6 is 24.0 Å². The van der Waals surface area contributed by atoms with Crippen molar-refractivity contribution in [2.75, 3.05) is 13.7 Å². The number of benzene rings is 1. The van der Waals surface area contributed by atoms with Gasteiger partial charge >= 0.3 is 0 Å². The lowest BCUT2D eigenvalue weighted by Crippen LogP contribution is -2.32. The zero-order valence-corrected chi connectivity index (χ0v) is 15.1. The zero-order chi connectivity index (χ0) is 14.8. The maximum absolute atomic E-state index is 9.73. The minimum atomic E-state index is 0. The Balaban J connectivity index is 0.00000400. The monoisotopic (exact) mass is 407 g/mol. The van der Waals surface area contributed by atoms with E-state index in [-0.39, 0.29) is 29.7 Å². The molecule has 0 heterocycles. The van der Waals surface area contributed by atoms with Gasteiger partial charge in [0.2, 0.25) is 0 Å². The number of methoxy groups -OCH3 is 1. The van der Waals surface area contributed by atoms with Crippen LogP contribution in [0.4, 0.5) is 0 Å². The van der Waals surface area contributed by atoms with E-state index in [0.717, 1.165) is 13.0 Å². The first-order valence-electron chi connectivity index (χ1n) is 7.07. The second kappa shape index (κ2) is 11.5. The molecule has 1 aromatic carbocycles. The fourth-order valence-corrected chi connectivity index (χ4v) is 1.81. The van der Waals surface area contributed by atoms with Crippen molar-refractivity contribution < 1.29 is 9.84 Å². The Labute approximate surface area is 144 Å². The topological polar surface area (TPSA) is 79.9 Å². The minimum absolute atomic E-state index is 0. The maximum atomic E-state index is 9.73. The van der Waals surface area contributed by atoms with Crippen LogP contribution in [0.15, 0.2) is 23.2 Å². The Hall–Kier alpha value is -1.18. The molecular weight excluding hydrogens is 381 g/mol. The number of aliphatic imine (C=N–C) groups is 1. The molecule has 0 aliphatic carbocycles. The van der Waals surface area contributed by atoms with Gasteiger partial charge in [0.25, 0.3) is 0 Å². The van der Waals surface area contributed by atoms with E-state index in [0.29, 0.717) is 23.8 Å². The number of ether oxygens (including phenoxy) is 1. The molecule has 6 heteroatoms. The SMILES string of the molecule is CCCCCCNC(N)=NCc1cc(OC)ccc1O.I. The van der Waals surface area contributed by atoms with Crippen molar-refractivity contribution in [1.82, 2.24) is 5.32 Å². The summed E-state index contributed by atoms with van der Waals surface area (Å²) in [4.78, 5) is 4.22. The second-order valence-electron chi connectivity index (χ2n) is 4.68. The summed E-state index contributed by atoms with van der Waals surface area (Å²) in [5.74, 6) is 1.30. The maximum Gasteiger partial charge on any atom is 0.188 e. The number of phenols is 1. The van der Waals surface area contributed by atoms with Crippen LogP contribution in [0.5, 0.6) is 11.5 Å². The summed E-state index contributed by atoms with van der Waals surface area (Å²) in [5, 5.41) is 12.8. The van der Waals surface area contributed by atoms with Crippen molar-refractivity contribution in [3.8, 4) is 11.5 Å². The Kier molecular flexibility index (Phi) is 10.8. The fourth-order valence-electron chi connectivity index (χ4n) is 1.81. The number of nitrogens with one attached hydrogen (secondary N) is 1. The van der Waals surface area contributed by atoms with E-state index in [9.17, 15) is 5.11 Å². The average Bonchev–Trinajstić information content (AvgIpc) is 2.46. The number of guanidine groups is 1. The molecule has 4 N–H and O–H groups in total. The number of aromatic hydroxyl groups is 1. The number of nitrogens with zero attached hydrogens (tertiary/aromatic N) is 1. The van der Waals surface area contributed by atoms with Crippen LogP contribution in [0.1, 0.15) is 38.2 Å². The van der Waals surface area contributed by atoms with Crippen molar-refractivity contribution >= 4 is 29.9 Å². The standard InChI is InChI=1S/C15H25N3O2.HI/c1-3-4-5-6-9-17-15(16)18-11-12-10-13(20-2)7-8-14(12)19;/h7-8,10,19H,3-6,9,11H2,1-2H3,(H3,16,17,18);1H. The first kappa shape index (κ1) is 19.8. The van der Waals surface area contributed by atoms with Gasteiger partial charge < -0.3 is 20.9 Å². The van der Waals surface area contributed by atoms with E-state index >= 15 is 0 Å². The number of hydrogen-bond acceptors (Lipinski definition) is 3. The molecule has 120 valence electrons. The molecule has 5 nitrogen and oxygen atoms in total. The normalized spacial score (nSPS) is 10.9. The molecule has 1 rings (SSSR count). The Morgan fingerprint density at radius 1 is 1.33 bits per heavy atom. The molecule has 0 radical (unpaired) electrons. The molecule has 1 aromatic rings. The molecule has 0 bridgehead atoms. The highest BCUT2D eigenvalue weighted by Gasteiger charge is 2.02. The molecule has 0 spiro atoms. The van der Waals surface area contributed by atoms with Crippen LogP contribution in [-0.4, -0.2) is 24.7 Å². The summed E-state index contributed by atoms with van der Waals surface area (Å²) >= 11 is 0. The van der Waals surface area contributed by atoms with Crippen molar-refractivity contribution in [2.24, 2.45) is 10.7 Å². The van der Waals surface area contributed by atoms with Crippen molar-refractivity contribution in [3.05, 3.63) is 23.8 Å². The molecule has 0 saturated heterocycles. The van der Waals surface area contributed by atoms with E-state index in [4.69, 9.17) is 10.5 Å². The quantitative estimate of drug-likeness (QED) is 0.268. The van der Waals surface area contributed by atoms with E-state index in [1.54, 1.807) is 25.3 Å². The lowest BCUT2D eigenvalue weighted by Gasteiger charge is -2.07. The van der Waals surface area contributed by atoms with Gasteiger partial charge in [0.15, 0.2) is 5.96 Å². The zero-order valence-electron chi connectivity index (χ0n) is 12.8. The summed E-state index contributed by atoms with van der Waals surface area (Å²) in [5.41, 5.74) is 6.48. The first-order valence-corrected chi connectivity index (χ1v) is 7.07. The first-order chi connectivity index (χ1) is 9.67. The van der Waals surface area contributed by atoms with Crippen molar-refractivity contribution in [3.63, 3.8) is 0 Å². The largest absolute Gasteiger partial charge is 0.508 e. The molecule has 0 aliphatic heterocycles. The molecule has 0 atom stereocenters. The van der Waals surface area contributed by atoms with E-state index < -0.39 is 0 Å². The van der Waals surface area contributed by atoms with Crippen LogP contribution in [0, 0.1) is 0 Å². The third-order valence-corrected chi connectivity index (χ3v) is 3.04. The highest BCUT2D eigenvalue weighted by molar-refractivity contribution is 14.0. The molecule has 0 fully saturated rings. The minimum Gasteiger partial charge on any atom is -0.508 e. The van der Waals surface area contributed by atoms with Crippen molar-refractivity contribution in [1.29, 1.82) is 0 Å². The van der Waals surface area contributed by atoms with Crippen LogP contribution in [0.25, 0.3) is 0 Å². The predicted octanol–water partition coefficient (Wildman–Crippen LogP) is 3.00. The molecule has 0 aromatic heterocycles. The van der Waals surface area contributed by atoms with E-state index in [2.05, 4.69) is 17.2 Å². The number of phenolic OH excluding ortho intramolecular Hbond substituents is 1. The van der Waals surface area contributed by atoms with E-state index in [1.807, 2.05) is 0 Å². The summed E-state index contributed by atoms with van der Waals surface area (Å²) < 4.78 is 5.11. The molecular formula is C15H26IN3O2. The number of nitrogens with two attached hydrogens (primary N) is 1. The van der Waals surface area contributed by atoms with Gasteiger partial charge in [0.05, 0.1) is 13.7 Å². The van der Waals surface area contributed by atoms with Gasteiger partial charge in [-0.05, 0) is 24.6 Å². The van der Waals surface area contributed by atoms with Crippen LogP contribution in [-0.2, 0) is 6.54 Å². The Morgan fingerprint density at radius 2 is 2.10 bits per heavy atom. The molecule has 0 unspecified atom stereocenters. The highest BCUT2D eigenvalue weighted by atomic mass is 127. The average molecular weight is 407 g/mol. The smallest absolute Gasteiger partial charge is 0.188 e. The van der Waals surface area contributed by atoms with Crippen LogP contribution in [0.2, 0.25) is 0 Å². The molecule has 0 amide bonds. The number of unbranched alkanes of at least 4 members (excludes halogenated alkanes) is 3.